The number of rotatable bonds is 1. The fraction of sp³-hybridized carbons (Fsp3) is 0. The van der Waals surface area contributed by atoms with Crippen LogP contribution in [0.4, 0.5) is 4.39 Å². The molecule has 0 saturated carbocycles. The van der Waals surface area contributed by atoms with E-state index in [2.05, 4.69) is 9.97 Å². The molecule has 2 heterocycles. The molecule has 6 heteroatoms. The minimum atomic E-state index is -0.819. The van der Waals surface area contributed by atoms with E-state index in [9.17, 15) is 4.39 Å². The molecule has 0 aromatic carbocycles. The minimum absolute atomic E-state index is 0.232. The van der Waals surface area contributed by atoms with Gasteiger partial charge < -0.3 is 4.42 Å². The molecule has 14 heavy (non-hydrogen) atoms. The molecular weight excluding hydrogens is 230 g/mol. The fourth-order valence-electron chi connectivity index (χ4n) is 0.915. The summed E-state index contributed by atoms with van der Waals surface area (Å²) in [5.41, 5.74) is 0.591. The van der Waals surface area contributed by atoms with Gasteiger partial charge in [0.2, 0.25) is 0 Å². The number of halogens is 3. The van der Waals surface area contributed by atoms with Crippen LogP contribution >= 0.6 is 23.2 Å². The number of hydrogen-bond donors (Lipinski definition) is 0. The smallest absolute Gasteiger partial charge is 0.197 e. The molecule has 0 amide bonds. The van der Waals surface area contributed by atoms with E-state index < -0.39 is 5.82 Å². The first-order valence-corrected chi connectivity index (χ1v) is 4.35. The van der Waals surface area contributed by atoms with E-state index in [0.717, 1.165) is 0 Å². The van der Waals surface area contributed by atoms with Crippen molar-refractivity contribution in [1.29, 1.82) is 0 Å². The lowest BCUT2D eigenvalue weighted by Gasteiger charge is -1.99. The van der Waals surface area contributed by atoms with Crippen molar-refractivity contribution in [1.82, 2.24) is 9.97 Å². The van der Waals surface area contributed by atoms with Gasteiger partial charge in [-0.1, -0.05) is 23.2 Å². The van der Waals surface area contributed by atoms with E-state index in [1.54, 1.807) is 6.07 Å². The SMILES string of the molecule is Fc1c(Cl)nc(-c2ccoc2)nc1Cl. The number of aromatic nitrogens is 2. The topological polar surface area (TPSA) is 38.9 Å². The van der Waals surface area contributed by atoms with Crippen LogP contribution in [0.2, 0.25) is 10.3 Å². The largest absolute Gasteiger partial charge is 0.472 e. The molecule has 0 atom stereocenters. The second-order valence-corrected chi connectivity index (χ2v) is 3.17. The van der Waals surface area contributed by atoms with Gasteiger partial charge in [0.1, 0.15) is 6.26 Å². The molecule has 2 aromatic rings. The first-order valence-electron chi connectivity index (χ1n) is 3.59. The maximum atomic E-state index is 12.9. The monoisotopic (exact) mass is 232 g/mol. The van der Waals surface area contributed by atoms with Crippen molar-refractivity contribution in [3.05, 3.63) is 34.7 Å². The zero-order valence-electron chi connectivity index (χ0n) is 6.67. The van der Waals surface area contributed by atoms with Crippen molar-refractivity contribution in [3.63, 3.8) is 0 Å². The highest BCUT2D eigenvalue weighted by atomic mass is 35.5. The summed E-state index contributed by atoms with van der Waals surface area (Å²) in [4.78, 5) is 7.42. The lowest BCUT2D eigenvalue weighted by atomic mass is 10.3. The molecular formula is C8H3Cl2FN2O. The molecule has 0 saturated heterocycles. The summed E-state index contributed by atoms with van der Waals surface area (Å²) >= 11 is 11.0. The minimum Gasteiger partial charge on any atom is -0.472 e. The van der Waals surface area contributed by atoms with E-state index in [1.165, 1.54) is 12.5 Å². The lowest BCUT2D eigenvalue weighted by Crippen LogP contribution is -1.93. The van der Waals surface area contributed by atoms with Crippen LogP contribution in [0.5, 0.6) is 0 Å². The van der Waals surface area contributed by atoms with Crippen molar-refractivity contribution in [2.24, 2.45) is 0 Å². The molecule has 2 aromatic heterocycles. The van der Waals surface area contributed by atoms with E-state index in [-0.39, 0.29) is 16.1 Å². The van der Waals surface area contributed by atoms with Crippen molar-refractivity contribution in [2.75, 3.05) is 0 Å². The molecule has 0 unspecified atom stereocenters. The van der Waals surface area contributed by atoms with Crippen LogP contribution in [0.3, 0.4) is 0 Å². The van der Waals surface area contributed by atoms with Crippen LogP contribution in [-0.4, -0.2) is 9.97 Å². The summed E-state index contributed by atoms with van der Waals surface area (Å²) in [5.74, 6) is -0.587. The summed E-state index contributed by atoms with van der Waals surface area (Å²) in [6.07, 6.45) is 2.86. The van der Waals surface area contributed by atoms with Gasteiger partial charge >= 0.3 is 0 Å². The molecule has 0 aliphatic carbocycles. The summed E-state index contributed by atoms with van der Waals surface area (Å²) in [7, 11) is 0. The van der Waals surface area contributed by atoms with Gasteiger partial charge in [0.05, 0.1) is 11.8 Å². The summed E-state index contributed by atoms with van der Waals surface area (Å²) in [6.45, 7) is 0. The molecule has 2 rings (SSSR count). The van der Waals surface area contributed by atoms with E-state index in [4.69, 9.17) is 27.6 Å². The Bertz CT molecular complexity index is 435. The van der Waals surface area contributed by atoms with Crippen molar-refractivity contribution in [2.45, 2.75) is 0 Å². The van der Waals surface area contributed by atoms with Gasteiger partial charge in [-0.25, -0.2) is 14.4 Å². The van der Waals surface area contributed by atoms with Gasteiger partial charge in [0, 0.05) is 0 Å². The third kappa shape index (κ3) is 1.58. The average Bonchev–Trinajstić information content (AvgIpc) is 2.66. The Kier molecular flexibility index (Phi) is 2.39. The second-order valence-electron chi connectivity index (χ2n) is 2.45. The molecule has 0 aliphatic heterocycles. The first-order chi connectivity index (χ1) is 6.68. The highest BCUT2D eigenvalue weighted by Crippen LogP contribution is 2.23. The third-order valence-corrected chi connectivity index (χ3v) is 2.05. The summed E-state index contributed by atoms with van der Waals surface area (Å²) < 4.78 is 17.8. The molecule has 0 N–H and O–H groups in total. The molecule has 0 spiro atoms. The summed E-state index contributed by atoms with van der Waals surface area (Å²) in [6, 6.07) is 1.62. The standard InChI is InChI=1S/C8H3Cl2FN2O/c9-6-5(11)7(10)13-8(12-6)4-1-2-14-3-4/h1-3H. The Morgan fingerprint density at radius 1 is 1.21 bits per heavy atom. The predicted molar refractivity (Wildman–Crippen MR) is 49.7 cm³/mol. The van der Waals surface area contributed by atoms with Crippen LogP contribution < -0.4 is 0 Å². The number of nitrogens with zero attached hydrogens (tertiary/aromatic N) is 2. The zero-order chi connectivity index (χ0) is 10.1. The maximum Gasteiger partial charge on any atom is 0.197 e. The van der Waals surface area contributed by atoms with Crippen molar-refractivity contribution >= 4 is 23.2 Å². The normalized spacial score (nSPS) is 10.5. The van der Waals surface area contributed by atoms with Gasteiger partial charge in [0.25, 0.3) is 0 Å². The predicted octanol–water partition coefficient (Wildman–Crippen LogP) is 3.18. The van der Waals surface area contributed by atoms with Crippen LogP contribution in [0, 0.1) is 5.82 Å². The molecule has 3 nitrogen and oxygen atoms in total. The van der Waals surface area contributed by atoms with E-state index in [1.807, 2.05) is 0 Å². The maximum absolute atomic E-state index is 12.9. The van der Waals surface area contributed by atoms with Crippen LogP contribution in [0.15, 0.2) is 23.0 Å². The Morgan fingerprint density at radius 2 is 1.86 bits per heavy atom. The summed E-state index contributed by atoms with van der Waals surface area (Å²) in [5, 5.41) is -0.609. The molecule has 72 valence electrons. The lowest BCUT2D eigenvalue weighted by molar-refractivity contribution is 0.567. The van der Waals surface area contributed by atoms with E-state index >= 15 is 0 Å². The fourth-order valence-corrected chi connectivity index (χ4v) is 1.30. The molecule has 0 radical (unpaired) electrons. The van der Waals surface area contributed by atoms with Gasteiger partial charge in [-0.2, -0.15) is 0 Å². The Balaban J connectivity index is 2.57. The van der Waals surface area contributed by atoms with E-state index in [0.29, 0.717) is 5.56 Å². The van der Waals surface area contributed by atoms with Crippen molar-refractivity contribution in [3.8, 4) is 11.4 Å². The molecule has 0 aliphatic rings. The molecule has 0 bridgehead atoms. The first kappa shape index (κ1) is 9.43. The Morgan fingerprint density at radius 3 is 2.36 bits per heavy atom. The number of hydrogen-bond acceptors (Lipinski definition) is 3. The number of furan rings is 1. The average molecular weight is 233 g/mol. The third-order valence-electron chi connectivity index (χ3n) is 1.55. The van der Waals surface area contributed by atoms with Gasteiger partial charge in [-0.05, 0) is 6.07 Å². The van der Waals surface area contributed by atoms with Crippen LogP contribution in [0.25, 0.3) is 11.4 Å². The Labute approximate surface area is 88.5 Å². The van der Waals surface area contributed by atoms with Crippen molar-refractivity contribution < 1.29 is 8.81 Å². The van der Waals surface area contributed by atoms with Gasteiger partial charge in [0.15, 0.2) is 21.9 Å². The zero-order valence-corrected chi connectivity index (χ0v) is 8.18. The quantitative estimate of drug-likeness (QED) is 0.710. The van der Waals surface area contributed by atoms with Crippen LogP contribution in [-0.2, 0) is 0 Å². The van der Waals surface area contributed by atoms with Crippen LogP contribution in [0.1, 0.15) is 0 Å². The van der Waals surface area contributed by atoms with Gasteiger partial charge in [-0.15, -0.1) is 0 Å². The molecule has 0 fully saturated rings. The Hall–Kier alpha value is -1.13. The highest BCUT2D eigenvalue weighted by molar-refractivity contribution is 6.33. The van der Waals surface area contributed by atoms with Gasteiger partial charge in [-0.3, -0.25) is 0 Å². The highest BCUT2D eigenvalue weighted by Gasteiger charge is 2.12. The second kappa shape index (κ2) is 3.55.